The van der Waals surface area contributed by atoms with Crippen LogP contribution in [-0.4, -0.2) is 41.1 Å². The van der Waals surface area contributed by atoms with Gasteiger partial charge in [-0.2, -0.15) is 0 Å². The van der Waals surface area contributed by atoms with Crippen molar-refractivity contribution in [2.24, 2.45) is 0 Å². The van der Waals surface area contributed by atoms with Crippen LogP contribution in [0.2, 0.25) is 0 Å². The highest BCUT2D eigenvalue weighted by Gasteiger charge is 2.21. The number of nitrogens with zero attached hydrogens (tertiary/aromatic N) is 5. The molecule has 112 valence electrons. The van der Waals surface area contributed by atoms with Crippen molar-refractivity contribution in [3.05, 3.63) is 41.7 Å². The van der Waals surface area contributed by atoms with Gasteiger partial charge < -0.3 is 9.80 Å². The van der Waals surface area contributed by atoms with Gasteiger partial charge >= 0.3 is 0 Å². The van der Waals surface area contributed by atoms with Crippen molar-refractivity contribution in [1.82, 2.24) is 15.0 Å². The van der Waals surface area contributed by atoms with Gasteiger partial charge in [0.2, 0.25) is 0 Å². The van der Waals surface area contributed by atoms with Gasteiger partial charge in [0, 0.05) is 36.9 Å². The number of hydrogen-bond acceptors (Lipinski definition) is 6. The third-order valence-electron chi connectivity index (χ3n) is 3.98. The molecular weight excluding hydrogens is 294 g/mol. The Morgan fingerprint density at radius 3 is 2.55 bits per heavy atom. The number of benzene rings is 1. The molecule has 0 N–H and O–H groups in total. The molecule has 1 saturated heterocycles. The minimum absolute atomic E-state index is 0.958. The molecule has 1 aliphatic heterocycles. The SMILES string of the molecule is Cc1csc(N2CCN(c3ncnc4ccccc34)CC2)n1. The first kappa shape index (κ1) is 13.5. The number of piperazine rings is 1. The summed E-state index contributed by atoms with van der Waals surface area (Å²) in [6.45, 7) is 5.92. The summed E-state index contributed by atoms with van der Waals surface area (Å²) in [7, 11) is 0. The monoisotopic (exact) mass is 311 g/mol. The van der Waals surface area contributed by atoms with Crippen molar-refractivity contribution < 1.29 is 0 Å². The quantitative estimate of drug-likeness (QED) is 0.728. The Hall–Kier alpha value is -2.21. The Bertz CT molecular complexity index is 787. The van der Waals surface area contributed by atoms with Gasteiger partial charge in [-0.05, 0) is 19.1 Å². The van der Waals surface area contributed by atoms with E-state index in [-0.39, 0.29) is 0 Å². The summed E-state index contributed by atoms with van der Waals surface area (Å²) in [6, 6.07) is 8.20. The largest absolute Gasteiger partial charge is 0.352 e. The zero-order chi connectivity index (χ0) is 14.9. The van der Waals surface area contributed by atoms with Gasteiger partial charge in [-0.3, -0.25) is 0 Å². The maximum atomic E-state index is 4.58. The normalized spacial score (nSPS) is 15.5. The summed E-state index contributed by atoms with van der Waals surface area (Å²) in [6.07, 6.45) is 1.66. The molecule has 1 aromatic carbocycles. The van der Waals surface area contributed by atoms with Gasteiger partial charge in [0.25, 0.3) is 0 Å². The van der Waals surface area contributed by atoms with E-state index in [0.29, 0.717) is 0 Å². The van der Waals surface area contributed by atoms with Crippen molar-refractivity contribution >= 4 is 33.2 Å². The van der Waals surface area contributed by atoms with Crippen LogP contribution in [0.4, 0.5) is 10.9 Å². The lowest BCUT2D eigenvalue weighted by Gasteiger charge is -2.35. The molecule has 0 radical (unpaired) electrons. The maximum Gasteiger partial charge on any atom is 0.185 e. The zero-order valence-corrected chi connectivity index (χ0v) is 13.3. The molecule has 0 saturated carbocycles. The molecule has 0 amide bonds. The first-order valence-corrected chi connectivity index (χ1v) is 8.31. The van der Waals surface area contributed by atoms with E-state index in [1.165, 1.54) is 0 Å². The van der Waals surface area contributed by atoms with Crippen LogP contribution in [0.1, 0.15) is 5.69 Å². The topological polar surface area (TPSA) is 45.2 Å². The van der Waals surface area contributed by atoms with Crippen molar-refractivity contribution in [2.45, 2.75) is 6.92 Å². The van der Waals surface area contributed by atoms with E-state index >= 15 is 0 Å². The lowest BCUT2D eigenvalue weighted by molar-refractivity contribution is 0.647. The Balaban J connectivity index is 1.55. The number of aryl methyl sites for hydroxylation is 1. The number of thiazole rings is 1. The van der Waals surface area contributed by atoms with E-state index in [9.17, 15) is 0 Å². The smallest absolute Gasteiger partial charge is 0.185 e. The van der Waals surface area contributed by atoms with E-state index in [1.807, 2.05) is 25.1 Å². The fourth-order valence-corrected chi connectivity index (χ4v) is 3.70. The Morgan fingerprint density at radius 2 is 1.77 bits per heavy atom. The molecule has 1 aliphatic rings. The molecule has 0 spiro atoms. The molecule has 6 heteroatoms. The number of hydrogen-bond donors (Lipinski definition) is 0. The average Bonchev–Trinajstić information content (AvgIpc) is 3.01. The third-order valence-corrected chi connectivity index (χ3v) is 5.00. The van der Waals surface area contributed by atoms with Crippen LogP contribution in [0.5, 0.6) is 0 Å². The van der Waals surface area contributed by atoms with Crippen LogP contribution in [0.3, 0.4) is 0 Å². The molecule has 5 nitrogen and oxygen atoms in total. The minimum Gasteiger partial charge on any atom is -0.352 e. The van der Waals surface area contributed by atoms with E-state index < -0.39 is 0 Å². The van der Waals surface area contributed by atoms with Crippen molar-refractivity contribution in [3.8, 4) is 0 Å². The van der Waals surface area contributed by atoms with Crippen molar-refractivity contribution in [3.63, 3.8) is 0 Å². The summed E-state index contributed by atoms with van der Waals surface area (Å²) >= 11 is 1.73. The predicted molar refractivity (Wildman–Crippen MR) is 90.8 cm³/mol. The molecule has 0 aliphatic carbocycles. The fraction of sp³-hybridized carbons (Fsp3) is 0.312. The standard InChI is InChI=1S/C16H17N5S/c1-12-10-22-16(19-12)21-8-6-20(7-9-21)15-13-4-2-3-5-14(13)17-11-18-15/h2-5,10-11H,6-9H2,1H3. The van der Waals surface area contributed by atoms with Gasteiger partial charge in [-0.25, -0.2) is 15.0 Å². The van der Waals surface area contributed by atoms with Crippen LogP contribution in [0.25, 0.3) is 10.9 Å². The van der Waals surface area contributed by atoms with Gasteiger partial charge in [-0.15, -0.1) is 11.3 Å². The highest BCUT2D eigenvalue weighted by Crippen LogP contribution is 2.26. The molecule has 22 heavy (non-hydrogen) atoms. The summed E-state index contributed by atoms with van der Waals surface area (Å²) in [5, 5.41) is 4.37. The molecule has 2 aromatic heterocycles. The molecule has 0 bridgehead atoms. The Morgan fingerprint density at radius 1 is 1.00 bits per heavy atom. The fourth-order valence-electron chi connectivity index (χ4n) is 2.84. The molecule has 4 rings (SSSR count). The maximum absolute atomic E-state index is 4.58. The lowest BCUT2D eigenvalue weighted by atomic mass is 10.2. The van der Waals surface area contributed by atoms with Crippen molar-refractivity contribution in [1.29, 1.82) is 0 Å². The van der Waals surface area contributed by atoms with Crippen LogP contribution < -0.4 is 9.80 Å². The van der Waals surface area contributed by atoms with Gasteiger partial charge in [0.05, 0.1) is 11.2 Å². The number of fused-ring (bicyclic) bond motifs is 1. The van der Waals surface area contributed by atoms with Crippen LogP contribution >= 0.6 is 11.3 Å². The van der Waals surface area contributed by atoms with Gasteiger partial charge in [0.15, 0.2) is 5.13 Å². The predicted octanol–water partition coefficient (Wildman–Crippen LogP) is 2.72. The first-order valence-electron chi connectivity index (χ1n) is 7.43. The average molecular weight is 311 g/mol. The first-order chi connectivity index (χ1) is 10.8. The van der Waals surface area contributed by atoms with E-state index in [4.69, 9.17) is 0 Å². The molecule has 0 unspecified atom stereocenters. The Kier molecular flexibility index (Phi) is 3.38. The number of rotatable bonds is 2. The summed E-state index contributed by atoms with van der Waals surface area (Å²) in [5.41, 5.74) is 2.11. The highest BCUT2D eigenvalue weighted by atomic mass is 32.1. The minimum atomic E-state index is 0.958. The van der Waals surface area contributed by atoms with E-state index in [2.05, 4.69) is 36.2 Å². The molecule has 1 fully saturated rings. The molecule has 0 atom stereocenters. The molecule has 3 aromatic rings. The summed E-state index contributed by atoms with van der Waals surface area (Å²) < 4.78 is 0. The van der Waals surface area contributed by atoms with Crippen LogP contribution in [0, 0.1) is 6.92 Å². The number of anilines is 2. The zero-order valence-electron chi connectivity index (χ0n) is 12.4. The lowest BCUT2D eigenvalue weighted by Crippen LogP contribution is -2.46. The second-order valence-electron chi connectivity index (χ2n) is 5.46. The third kappa shape index (κ3) is 2.39. The van der Waals surface area contributed by atoms with Crippen LogP contribution in [0.15, 0.2) is 36.0 Å². The number of aromatic nitrogens is 3. The number of para-hydroxylation sites is 1. The van der Waals surface area contributed by atoms with Crippen LogP contribution in [-0.2, 0) is 0 Å². The highest BCUT2D eigenvalue weighted by molar-refractivity contribution is 7.13. The van der Waals surface area contributed by atoms with Gasteiger partial charge in [-0.1, -0.05) is 12.1 Å². The second-order valence-corrected chi connectivity index (χ2v) is 6.30. The van der Waals surface area contributed by atoms with Crippen molar-refractivity contribution in [2.75, 3.05) is 36.0 Å². The van der Waals surface area contributed by atoms with Gasteiger partial charge in [0.1, 0.15) is 12.1 Å². The second kappa shape index (κ2) is 5.53. The Labute approximate surface area is 133 Å². The van der Waals surface area contributed by atoms with E-state index in [1.54, 1.807) is 17.7 Å². The molecule has 3 heterocycles. The summed E-state index contributed by atoms with van der Waals surface area (Å²) in [5.74, 6) is 1.04. The van der Waals surface area contributed by atoms with E-state index in [0.717, 1.165) is 53.7 Å². The summed E-state index contributed by atoms with van der Waals surface area (Å²) in [4.78, 5) is 18.2. The molecular formula is C16H17N5S.